The van der Waals surface area contributed by atoms with Crippen molar-refractivity contribution in [3.8, 4) is 0 Å². The third-order valence-corrected chi connectivity index (χ3v) is 3.11. The topological polar surface area (TPSA) is 114 Å². The molecule has 2 heterocycles. The fourth-order valence-corrected chi connectivity index (χ4v) is 2.29. The van der Waals surface area contributed by atoms with E-state index in [0.717, 1.165) is 0 Å². The Hall–Kier alpha value is -2.00. The molecule has 2 unspecified atom stereocenters. The summed E-state index contributed by atoms with van der Waals surface area (Å²) in [7, 11) is 0. The molecule has 2 N–H and O–H groups in total. The summed E-state index contributed by atoms with van der Waals surface area (Å²) >= 11 is 0. The van der Waals surface area contributed by atoms with Crippen LogP contribution in [0.4, 0.5) is 17.5 Å². The van der Waals surface area contributed by atoms with Gasteiger partial charge >= 0.3 is 5.69 Å². The lowest BCUT2D eigenvalue weighted by atomic mass is 10.2. The molecule has 1 fully saturated rings. The number of hydrogen-bond acceptors (Lipinski definition) is 8. The van der Waals surface area contributed by atoms with Crippen molar-refractivity contribution in [3.05, 3.63) is 16.3 Å². The summed E-state index contributed by atoms with van der Waals surface area (Å²) in [6.45, 7) is 5.05. The summed E-state index contributed by atoms with van der Waals surface area (Å²) in [5.41, 5.74) is -0.151. The quantitative estimate of drug-likeness (QED) is 0.593. The van der Waals surface area contributed by atoms with E-state index in [-0.39, 0.29) is 30.3 Å². The van der Waals surface area contributed by atoms with E-state index in [2.05, 4.69) is 15.3 Å². The molecule has 0 saturated carbocycles. The van der Waals surface area contributed by atoms with Gasteiger partial charge in [0.1, 0.15) is 6.20 Å². The Morgan fingerprint density at radius 1 is 1.62 bits per heavy atom. The SMILES string of the molecule is CCNc1ncc([N+](=O)[O-])c(N2CC(C)OC(CO)C2)n1. The van der Waals surface area contributed by atoms with E-state index >= 15 is 0 Å². The monoisotopic (exact) mass is 297 g/mol. The minimum absolute atomic E-state index is 0.139. The number of nitro groups is 1. The number of aliphatic hydroxyl groups excluding tert-OH is 1. The lowest BCUT2D eigenvalue weighted by molar-refractivity contribution is -0.384. The van der Waals surface area contributed by atoms with Crippen LogP contribution in [-0.4, -0.2) is 58.4 Å². The maximum atomic E-state index is 11.2. The smallest absolute Gasteiger partial charge is 0.329 e. The molecular weight excluding hydrogens is 278 g/mol. The number of nitrogens with zero attached hydrogens (tertiary/aromatic N) is 4. The van der Waals surface area contributed by atoms with Crippen molar-refractivity contribution < 1.29 is 14.8 Å². The molecule has 0 radical (unpaired) electrons. The molecule has 1 aliphatic heterocycles. The predicted octanol–water partition coefficient (Wildman–Crippen LogP) is 0.403. The Kier molecular flexibility index (Phi) is 4.86. The summed E-state index contributed by atoms with van der Waals surface area (Å²) < 4.78 is 5.54. The van der Waals surface area contributed by atoms with Gasteiger partial charge in [-0.15, -0.1) is 0 Å². The van der Waals surface area contributed by atoms with E-state index < -0.39 is 4.92 Å². The minimum atomic E-state index is -0.501. The first-order valence-electron chi connectivity index (χ1n) is 6.81. The summed E-state index contributed by atoms with van der Waals surface area (Å²) in [6.07, 6.45) is 0.674. The summed E-state index contributed by atoms with van der Waals surface area (Å²) in [4.78, 5) is 20.6. The number of nitrogens with one attached hydrogen (secondary N) is 1. The molecule has 0 aliphatic carbocycles. The van der Waals surface area contributed by atoms with Crippen molar-refractivity contribution >= 4 is 17.5 Å². The van der Waals surface area contributed by atoms with Gasteiger partial charge in [0, 0.05) is 19.6 Å². The highest BCUT2D eigenvalue weighted by atomic mass is 16.6. The van der Waals surface area contributed by atoms with Crippen LogP contribution >= 0.6 is 0 Å². The highest BCUT2D eigenvalue weighted by Crippen LogP contribution is 2.28. The summed E-state index contributed by atoms with van der Waals surface area (Å²) in [5, 5.41) is 23.4. The Bertz CT molecular complexity index is 512. The number of ether oxygens (including phenoxy) is 1. The molecule has 116 valence electrons. The molecule has 1 aromatic rings. The zero-order valence-electron chi connectivity index (χ0n) is 12.0. The largest absolute Gasteiger partial charge is 0.394 e. The van der Waals surface area contributed by atoms with Gasteiger partial charge in [0.25, 0.3) is 0 Å². The Morgan fingerprint density at radius 2 is 2.38 bits per heavy atom. The number of morpholine rings is 1. The zero-order valence-corrected chi connectivity index (χ0v) is 12.0. The van der Waals surface area contributed by atoms with Crippen LogP contribution in [0.1, 0.15) is 13.8 Å². The molecule has 2 rings (SSSR count). The van der Waals surface area contributed by atoms with Crippen molar-refractivity contribution in [1.29, 1.82) is 0 Å². The molecule has 0 spiro atoms. The van der Waals surface area contributed by atoms with E-state index in [1.54, 1.807) is 4.90 Å². The number of anilines is 2. The molecule has 1 saturated heterocycles. The van der Waals surface area contributed by atoms with E-state index in [1.165, 1.54) is 6.20 Å². The minimum Gasteiger partial charge on any atom is -0.394 e. The fourth-order valence-electron chi connectivity index (χ4n) is 2.29. The van der Waals surface area contributed by atoms with E-state index in [1.807, 2.05) is 13.8 Å². The van der Waals surface area contributed by atoms with Crippen LogP contribution in [0.3, 0.4) is 0 Å². The highest BCUT2D eigenvalue weighted by molar-refractivity contribution is 5.59. The maximum Gasteiger partial charge on any atom is 0.329 e. The van der Waals surface area contributed by atoms with Crippen LogP contribution in [0.5, 0.6) is 0 Å². The van der Waals surface area contributed by atoms with Crippen molar-refractivity contribution in [1.82, 2.24) is 9.97 Å². The van der Waals surface area contributed by atoms with Crippen LogP contribution < -0.4 is 10.2 Å². The second-order valence-electron chi connectivity index (χ2n) is 4.85. The average molecular weight is 297 g/mol. The lowest BCUT2D eigenvalue weighted by Gasteiger charge is -2.36. The molecule has 0 bridgehead atoms. The standard InChI is InChI=1S/C12H19N5O4/c1-3-13-12-14-4-10(17(19)20)11(15-12)16-5-8(2)21-9(6-16)7-18/h4,8-9,18H,3,5-7H2,1-2H3,(H,13,14,15). The zero-order chi connectivity index (χ0) is 15.4. The van der Waals surface area contributed by atoms with Crippen LogP contribution in [0.25, 0.3) is 0 Å². The van der Waals surface area contributed by atoms with E-state index in [9.17, 15) is 15.2 Å². The van der Waals surface area contributed by atoms with Gasteiger partial charge in [0.05, 0.1) is 23.7 Å². The first-order chi connectivity index (χ1) is 10.0. The molecule has 1 aliphatic rings. The number of aliphatic hydroxyl groups is 1. The predicted molar refractivity (Wildman–Crippen MR) is 76.5 cm³/mol. The number of hydrogen-bond donors (Lipinski definition) is 2. The van der Waals surface area contributed by atoms with Gasteiger partial charge in [-0.25, -0.2) is 4.98 Å². The third kappa shape index (κ3) is 3.56. The first-order valence-corrected chi connectivity index (χ1v) is 6.81. The van der Waals surface area contributed by atoms with Crippen LogP contribution in [0, 0.1) is 10.1 Å². The van der Waals surface area contributed by atoms with Gasteiger partial charge in [0.2, 0.25) is 11.8 Å². The Morgan fingerprint density at radius 3 is 3.00 bits per heavy atom. The average Bonchev–Trinajstić information content (AvgIpc) is 2.46. The molecule has 2 atom stereocenters. The molecule has 9 nitrogen and oxygen atoms in total. The van der Waals surface area contributed by atoms with Gasteiger partial charge in [0.15, 0.2) is 0 Å². The van der Waals surface area contributed by atoms with Crippen molar-refractivity contribution in [2.24, 2.45) is 0 Å². The maximum absolute atomic E-state index is 11.2. The van der Waals surface area contributed by atoms with Gasteiger partial charge in [-0.05, 0) is 13.8 Å². The lowest BCUT2D eigenvalue weighted by Crippen LogP contribution is -2.48. The summed E-state index contributed by atoms with van der Waals surface area (Å²) in [5.74, 6) is 0.595. The molecule has 1 aromatic heterocycles. The van der Waals surface area contributed by atoms with E-state index in [4.69, 9.17) is 4.74 Å². The fraction of sp³-hybridized carbons (Fsp3) is 0.667. The second kappa shape index (κ2) is 6.64. The molecular formula is C12H19N5O4. The van der Waals surface area contributed by atoms with Crippen molar-refractivity contribution in [3.63, 3.8) is 0 Å². The molecule has 0 amide bonds. The van der Waals surface area contributed by atoms with Crippen LogP contribution in [-0.2, 0) is 4.74 Å². The highest BCUT2D eigenvalue weighted by Gasteiger charge is 2.30. The van der Waals surface area contributed by atoms with Crippen LogP contribution in [0.15, 0.2) is 6.20 Å². The van der Waals surface area contributed by atoms with Crippen molar-refractivity contribution in [2.45, 2.75) is 26.1 Å². The normalized spacial score (nSPS) is 22.1. The van der Waals surface area contributed by atoms with Crippen molar-refractivity contribution in [2.75, 3.05) is 36.5 Å². The van der Waals surface area contributed by atoms with Gasteiger partial charge in [-0.1, -0.05) is 0 Å². The van der Waals surface area contributed by atoms with Gasteiger partial charge < -0.3 is 20.1 Å². The Labute approximate surface area is 122 Å². The molecule has 0 aromatic carbocycles. The molecule has 21 heavy (non-hydrogen) atoms. The first kappa shape index (κ1) is 15.4. The van der Waals surface area contributed by atoms with Gasteiger partial charge in [-0.2, -0.15) is 4.98 Å². The Balaban J connectivity index is 2.34. The number of rotatable bonds is 5. The van der Waals surface area contributed by atoms with Crippen LogP contribution in [0.2, 0.25) is 0 Å². The van der Waals surface area contributed by atoms with E-state index in [0.29, 0.717) is 25.6 Å². The van der Waals surface area contributed by atoms with Gasteiger partial charge in [-0.3, -0.25) is 10.1 Å². The number of aromatic nitrogens is 2. The summed E-state index contributed by atoms with van der Waals surface area (Å²) in [6, 6.07) is 0. The third-order valence-electron chi connectivity index (χ3n) is 3.11. The second-order valence-corrected chi connectivity index (χ2v) is 4.85. The molecule has 9 heteroatoms.